The lowest BCUT2D eigenvalue weighted by atomic mass is 10.1. The lowest BCUT2D eigenvalue weighted by Crippen LogP contribution is -2.32. The summed E-state index contributed by atoms with van der Waals surface area (Å²) >= 11 is 0. The highest BCUT2D eigenvalue weighted by atomic mass is 28.3. The Balaban J connectivity index is 1.90. The number of aryl methyl sites for hydroxylation is 1. The van der Waals surface area contributed by atoms with Gasteiger partial charge in [0.2, 0.25) is 0 Å². The van der Waals surface area contributed by atoms with E-state index in [1.807, 2.05) is 10.9 Å². The number of rotatable bonds is 7. The summed E-state index contributed by atoms with van der Waals surface area (Å²) in [7, 11) is -1.18. The van der Waals surface area contributed by atoms with Crippen molar-refractivity contribution in [2.45, 2.75) is 50.9 Å². The van der Waals surface area contributed by atoms with Gasteiger partial charge in [0.1, 0.15) is 0 Å². The van der Waals surface area contributed by atoms with Gasteiger partial charge >= 0.3 is 0 Å². The number of aliphatic hydroxyl groups is 1. The van der Waals surface area contributed by atoms with Crippen LogP contribution < -0.4 is 0 Å². The van der Waals surface area contributed by atoms with E-state index >= 15 is 0 Å². The van der Waals surface area contributed by atoms with Gasteiger partial charge in [-0.2, -0.15) is 0 Å². The van der Waals surface area contributed by atoms with Crippen LogP contribution in [-0.2, 0) is 22.1 Å². The minimum Gasteiger partial charge on any atom is -0.396 e. The fourth-order valence-electron chi connectivity index (χ4n) is 2.42. The molecular formula is C13H25N3O3Si. The number of hydrogen-bond acceptors (Lipinski definition) is 5. The highest BCUT2D eigenvalue weighted by molar-refractivity contribution is 6.74. The van der Waals surface area contributed by atoms with Gasteiger partial charge in [-0.25, -0.2) is 0 Å². The smallest absolute Gasteiger partial charge is 0.171 e. The van der Waals surface area contributed by atoms with Crippen LogP contribution in [0.25, 0.3) is 0 Å². The summed E-state index contributed by atoms with van der Waals surface area (Å²) in [4.78, 5) is 0. The maximum atomic E-state index is 9.13. The van der Waals surface area contributed by atoms with Gasteiger partial charge in [0.05, 0.1) is 27.0 Å². The van der Waals surface area contributed by atoms with E-state index in [0.29, 0.717) is 26.1 Å². The maximum absolute atomic E-state index is 9.13. The molecule has 1 aromatic heterocycles. The molecule has 1 fully saturated rings. The van der Waals surface area contributed by atoms with Gasteiger partial charge in [0.15, 0.2) is 5.79 Å². The molecule has 0 spiro atoms. The van der Waals surface area contributed by atoms with Crippen molar-refractivity contribution >= 4 is 8.07 Å². The second-order valence-electron chi connectivity index (χ2n) is 6.55. The van der Waals surface area contributed by atoms with Crippen LogP contribution in [-0.4, -0.2) is 53.8 Å². The van der Waals surface area contributed by atoms with E-state index in [1.54, 1.807) is 0 Å². The van der Waals surface area contributed by atoms with Crippen LogP contribution in [0.3, 0.4) is 0 Å². The summed E-state index contributed by atoms with van der Waals surface area (Å²) in [5.74, 6) is -0.628. The lowest BCUT2D eigenvalue weighted by Gasteiger charge is -2.26. The van der Waals surface area contributed by atoms with E-state index in [4.69, 9.17) is 14.6 Å². The summed E-state index contributed by atoms with van der Waals surface area (Å²) in [5, 5.41) is 17.5. The second-order valence-corrected chi connectivity index (χ2v) is 12.0. The number of aromatic nitrogens is 3. The standard InChI is InChI=1S/C13H25N3O3Si/c1-20(2,3)11-16-10-12(14-15-16)4-5-13(6-7-17)18-8-9-19-13/h10,17H,4-9,11H2,1-3H3. The SMILES string of the molecule is C[Si](C)(C)Cn1cc(CCC2(CCO)OCCO2)nn1. The van der Waals surface area contributed by atoms with Gasteiger partial charge in [-0.1, -0.05) is 24.9 Å². The summed E-state index contributed by atoms with van der Waals surface area (Å²) in [6.07, 6.45) is 4.97. The van der Waals surface area contributed by atoms with Crippen molar-refractivity contribution in [2.75, 3.05) is 19.8 Å². The van der Waals surface area contributed by atoms with Crippen LogP contribution >= 0.6 is 0 Å². The molecule has 0 aliphatic carbocycles. The molecule has 1 aliphatic heterocycles. The third kappa shape index (κ3) is 4.37. The van der Waals surface area contributed by atoms with Gasteiger partial charge in [-0.05, 0) is 6.42 Å². The van der Waals surface area contributed by atoms with E-state index in [2.05, 4.69) is 30.0 Å². The molecule has 0 bridgehead atoms. The third-order valence-corrected chi connectivity index (χ3v) is 4.56. The maximum Gasteiger partial charge on any atom is 0.171 e. The minimum absolute atomic E-state index is 0.0717. The minimum atomic E-state index is -1.18. The van der Waals surface area contributed by atoms with Crippen molar-refractivity contribution in [3.63, 3.8) is 0 Å². The van der Waals surface area contributed by atoms with Gasteiger partial charge in [-0.15, -0.1) is 5.10 Å². The first-order chi connectivity index (χ1) is 9.42. The Hall–Kier alpha value is -0.763. The van der Waals surface area contributed by atoms with E-state index < -0.39 is 13.9 Å². The molecule has 7 heteroatoms. The Kier molecular flexibility index (Phi) is 4.95. The monoisotopic (exact) mass is 299 g/mol. The van der Waals surface area contributed by atoms with Crippen LogP contribution in [0, 0.1) is 0 Å². The Morgan fingerprint density at radius 1 is 1.30 bits per heavy atom. The summed E-state index contributed by atoms with van der Waals surface area (Å²) in [6, 6.07) is 0. The molecule has 2 heterocycles. The molecule has 1 saturated heterocycles. The van der Waals surface area contributed by atoms with Crippen molar-refractivity contribution in [2.24, 2.45) is 0 Å². The summed E-state index contributed by atoms with van der Waals surface area (Å²) in [6.45, 7) is 8.20. The molecule has 0 aromatic carbocycles. The molecule has 114 valence electrons. The van der Waals surface area contributed by atoms with Crippen molar-refractivity contribution in [3.05, 3.63) is 11.9 Å². The van der Waals surface area contributed by atoms with E-state index in [0.717, 1.165) is 18.3 Å². The Morgan fingerprint density at radius 2 is 2.00 bits per heavy atom. The second kappa shape index (κ2) is 6.34. The van der Waals surface area contributed by atoms with Gasteiger partial charge in [0.25, 0.3) is 0 Å². The van der Waals surface area contributed by atoms with E-state index in [9.17, 15) is 0 Å². The number of nitrogens with zero attached hydrogens (tertiary/aromatic N) is 3. The van der Waals surface area contributed by atoms with Crippen LogP contribution in [0.1, 0.15) is 18.5 Å². The number of hydrogen-bond donors (Lipinski definition) is 1. The van der Waals surface area contributed by atoms with Gasteiger partial charge in [-0.3, -0.25) is 4.68 Å². The topological polar surface area (TPSA) is 69.4 Å². The molecule has 0 radical (unpaired) electrons. The molecule has 20 heavy (non-hydrogen) atoms. The van der Waals surface area contributed by atoms with Crippen LogP contribution in [0.15, 0.2) is 6.20 Å². The lowest BCUT2D eigenvalue weighted by molar-refractivity contribution is -0.171. The molecule has 1 aliphatic rings. The van der Waals surface area contributed by atoms with Crippen LogP contribution in [0.5, 0.6) is 0 Å². The molecule has 6 nitrogen and oxygen atoms in total. The molecule has 0 saturated carbocycles. The van der Waals surface area contributed by atoms with Gasteiger partial charge in [0, 0.05) is 31.8 Å². The normalized spacial score (nSPS) is 18.6. The quantitative estimate of drug-likeness (QED) is 0.767. The van der Waals surface area contributed by atoms with Gasteiger partial charge < -0.3 is 14.6 Å². The molecule has 1 aromatic rings. The first kappa shape index (κ1) is 15.6. The predicted molar refractivity (Wildman–Crippen MR) is 78.0 cm³/mol. The molecular weight excluding hydrogens is 274 g/mol. The molecule has 2 rings (SSSR count). The molecule has 0 atom stereocenters. The van der Waals surface area contributed by atoms with Crippen molar-refractivity contribution < 1.29 is 14.6 Å². The molecule has 1 N–H and O–H groups in total. The third-order valence-electron chi connectivity index (χ3n) is 3.29. The fraction of sp³-hybridized carbons (Fsp3) is 0.846. The van der Waals surface area contributed by atoms with E-state index in [-0.39, 0.29) is 6.61 Å². The Labute approximate surface area is 121 Å². The average molecular weight is 299 g/mol. The zero-order valence-corrected chi connectivity index (χ0v) is 13.6. The Morgan fingerprint density at radius 3 is 2.60 bits per heavy atom. The average Bonchev–Trinajstić information content (AvgIpc) is 2.95. The molecule has 0 unspecified atom stereocenters. The summed E-state index contributed by atoms with van der Waals surface area (Å²) < 4.78 is 13.3. The van der Waals surface area contributed by atoms with E-state index in [1.165, 1.54) is 0 Å². The van der Waals surface area contributed by atoms with Crippen molar-refractivity contribution in [3.8, 4) is 0 Å². The highest BCUT2D eigenvalue weighted by Crippen LogP contribution is 2.28. The fourth-order valence-corrected chi connectivity index (χ4v) is 3.54. The Bertz CT molecular complexity index is 425. The first-order valence-electron chi connectivity index (χ1n) is 7.20. The van der Waals surface area contributed by atoms with Crippen molar-refractivity contribution in [1.82, 2.24) is 15.0 Å². The highest BCUT2D eigenvalue weighted by Gasteiger charge is 2.35. The number of aliphatic hydroxyl groups excluding tert-OH is 1. The number of ether oxygens (including phenoxy) is 2. The van der Waals surface area contributed by atoms with Crippen molar-refractivity contribution in [1.29, 1.82) is 0 Å². The summed E-state index contributed by atoms with van der Waals surface area (Å²) in [5.41, 5.74) is 0.958. The largest absolute Gasteiger partial charge is 0.396 e. The van der Waals surface area contributed by atoms with Crippen LogP contribution in [0.4, 0.5) is 0 Å². The molecule has 0 amide bonds. The zero-order valence-electron chi connectivity index (χ0n) is 12.6. The zero-order chi connectivity index (χ0) is 14.6. The van der Waals surface area contributed by atoms with Crippen LogP contribution in [0.2, 0.25) is 19.6 Å². The first-order valence-corrected chi connectivity index (χ1v) is 10.9. The predicted octanol–water partition coefficient (Wildman–Crippen LogP) is 1.21.